The smallest absolute Gasteiger partial charge is 0.114 e. The zero-order chi connectivity index (χ0) is 20.7. The van der Waals surface area contributed by atoms with Gasteiger partial charge in [-0.05, 0) is 61.0 Å². The second-order valence-corrected chi connectivity index (χ2v) is 11.2. The predicted molar refractivity (Wildman–Crippen MR) is 128 cm³/mol. The van der Waals surface area contributed by atoms with E-state index in [1.165, 1.54) is 21.7 Å². The fraction of sp³-hybridized carbons (Fsp3) is 0.625. The van der Waals surface area contributed by atoms with E-state index in [-0.39, 0.29) is 28.8 Å². The van der Waals surface area contributed by atoms with Crippen molar-refractivity contribution >= 4 is 23.7 Å². The van der Waals surface area contributed by atoms with Crippen molar-refractivity contribution in [3.8, 4) is 11.3 Å². The molecule has 1 aromatic heterocycles. The van der Waals surface area contributed by atoms with Gasteiger partial charge in [0.1, 0.15) is 5.01 Å². The molecule has 1 aromatic carbocycles. The Morgan fingerprint density at radius 1 is 0.931 bits per heavy atom. The molecule has 1 aliphatic heterocycles. The molecule has 1 aliphatic rings. The summed E-state index contributed by atoms with van der Waals surface area (Å²) in [5.41, 5.74) is 5.30. The first-order valence-electron chi connectivity index (χ1n) is 10.3. The van der Waals surface area contributed by atoms with E-state index >= 15 is 0 Å². The number of hydrogen-bond acceptors (Lipinski definition) is 4. The summed E-state index contributed by atoms with van der Waals surface area (Å²) in [7, 11) is 4.34. The summed E-state index contributed by atoms with van der Waals surface area (Å²) in [6.07, 6.45) is 2.00. The molecule has 5 heteroatoms. The van der Waals surface area contributed by atoms with E-state index < -0.39 is 0 Å². The minimum Gasteiger partial charge on any atom is -0.381 e. The molecular formula is C24H37ClN2OS. The van der Waals surface area contributed by atoms with E-state index in [2.05, 4.69) is 84.1 Å². The molecule has 0 unspecified atom stereocenters. The average molecular weight is 437 g/mol. The summed E-state index contributed by atoms with van der Waals surface area (Å²) in [6, 6.07) is 7.04. The van der Waals surface area contributed by atoms with Crippen LogP contribution in [0.1, 0.15) is 70.5 Å². The van der Waals surface area contributed by atoms with E-state index in [4.69, 9.17) is 9.72 Å². The van der Waals surface area contributed by atoms with Gasteiger partial charge in [0.2, 0.25) is 0 Å². The van der Waals surface area contributed by atoms with Crippen LogP contribution in [0.2, 0.25) is 0 Å². The summed E-state index contributed by atoms with van der Waals surface area (Å²) >= 11 is 1.80. The third-order valence-corrected chi connectivity index (χ3v) is 7.07. The Balaban J connectivity index is 0.00000300. The van der Waals surface area contributed by atoms with Crippen molar-refractivity contribution < 1.29 is 4.74 Å². The van der Waals surface area contributed by atoms with Gasteiger partial charge in [0.15, 0.2) is 0 Å². The monoisotopic (exact) mass is 436 g/mol. The molecule has 0 spiro atoms. The van der Waals surface area contributed by atoms with Gasteiger partial charge in [-0.25, -0.2) is 4.98 Å². The van der Waals surface area contributed by atoms with Crippen LogP contribution in [0.25, 0.3) is 11.3 Å². The molecule has 0 saturated carbocycles. The van der Waals surface area contributed by atoms with Gasteiger partial charge in [0.05, 0.1) is 11.2 Å². The van der Waals surface area contributed by atoms with Crippen molar-refractivity contribution in [2.24, 2.45) is 0 Å². The van der Waals surface area contributed by atoms with Crippen LogP contribution >= 0.6 is 23.7 Å². The highest BCUT2D eigenvalue weighted by Gasteiger charge is 2.39. The molecule has 1 fully saturated rings. The third kappa shape index (κ3) is 5.04. The number of halogens is 1. The Kier molecular flexibility index (Phi) is 7.27. The SMILES string of the molecule is CN(C)C1(c2nc(-c3cc(C(C)(C)C)cc(C(C)(C)C)c3)cs2)CCOCC1.Cl. The van der Waals surface area contributed by atoms with Crippen LogP contribution in [0, 0.1) is 0 Å². The van der Waals surface area contributed by atoms with Crippen molar-refractivity contribution in [2.45, 2.75) is 70.8 Å². The molecule has 0 aliphatic carbocycles. The van der Waals surface area contributed by atoms with E-state index in [1.54, 1.807) is 11.3 Å². The van der Waals surface area contributed by atoms with Gasteiger partial charge in [0.25, 0.3) is 0 Å². The highest BCUT2D eigenvalue weighted by Crippen LogP contribution is 2.41. The lowest BCUT2D eigenvalue weighted by Crippen LogP contribution is -2.45. The molecule has 1 saturated heterocycles. The lowest BCUT2D eigenvalue weighted by Gasteiger charge is -2.41. The normalized spacial score (nSPS) is 17.3. The molecule has 3 rings (SSSR count). The lowest BCUT2D eigenvalue weighted by molar-refractivity contribution is -0.0106. The van der Waals surface area contributed by atoms with Crippen LogP contribution in [0.5, 0.6) is 0 Å². The maximum Gasteiger partial charge on any atom is 0.114 e. The zero-order valence-corrected chi connectivity index (χ0v) is 20.9. The molecule has 29 heavy (non-hydrogen) atoms. The van der Waals surface area contributed by atoms with Gasteiger partial charge in [0, 0.05) is 24.2 Å². The van der Waals surface area contributed by atoms with Crippen molar-refractivity contribution in [1.29, 1.82) is 0 Å². The van der Waals surface area contributed by atoms with Crippen molar-refractivity contribution in [1.82, 2.24) is 9.88 Å². The number of aromatic nitrogens is 1. The Labute approximate surface area is 187 Å². The predicted octanol–water partition coefficient (Wildman–Crippen LogP) is 6.39. The standard InChI is InChI=1S/C24H36N2OS.ClH/c1-22(2,3)18-13-17(14-19(15-18)23(4,5)6)20-16-28-21(25-20)24(26(7)8)9-11-27-12-10-24;/h13-16H,9-12H2,1-8H3;1H. The molecule has 0 atom stereocenters. The molecule has 0 N–H and O–H groups in total. The first-order valence-corrected chi connectivity index (χ1v) is 11.2. The first kappa shape index (κ1) is 24.3. The van der Waals surface area contributed by atoms with Crippen molar-refractivity contribution in [2.75, 3.05) is 27.3 Å². The van der Waals surface area contributed by atoms with E-state index in [0.29, 0.717) is 0 Å². The van der Waals surface area contributed by atoms with E-state index in [9.17, 15) is 0 Å². The molecule has 2 heterocycles. The second kappa shape index (κ2) is 8.66. The zero-order valence-electron chi connectivity index (χ0n) is 19.3. The summed E-state index contributed by atoms with van der Waals surface area (Å²) in [5.74, 6) is 0. The topological polar surface area (TPSA) is 25.4 Å². The number of thiazole rings is 1. The van der Waals surface area contributed by atoms with Gasteiger partial charge in [-0.3, -0.25) is 4.90 Å². The molecule has 0 amide bonds. The number of hydrogen-bond donors (Lipinski definition) is 0. The largest absolute Gasteiger partial charge is 0.381 e. The fourth-order valence-corrected chi connectivity index (χ4v) is 4.99. The summed E-state index contributed by atoms with van der Waals surface area (Å²) in [5, 5.41) is 3.46. The summed E-state index contributed by atoms with van der Waals surface area (Å²) in [6.45, 7) is 15.3. The van der Waals surface area contributed by atoms with Crippen LogP contribution in [0.3, 0.4) is 0 Å². The highest BCUT2D eigenvalue weighted by atomic mass is 35.5. The average Bonchev–Trinajstić information content (AvgIpc) is 3.11. The molecular weight excluding hydrogens is 400 g/mol. The summed E-state index contributed by atoms with van der Waals surface area (Å²) < 4.78 is 5.64. The van der Waals surface area contributed by atoms with Crippen molar-refractivity contribution in [3.05, 3.63) is 39.7 Å². The van der Waals surface area contributed by atoms with Crippen molar-refractivity contribution in [3.63, 3.8) is 0 Å². The Morgan fingerprint density at radius 3 is 1.90 bits per heavy atom. The van der Waals surface area contributed by atoms with E-state index in [0.717, 1.165) is 31.7 Å². The maximum atomic E-state index is 5.64. The maximum absolute atomic E-state index is 5.64. The number of benzene rings is 1. The van der Waals surface area contributed by atoms with Gasteiger partial charge in [-0.15, -0.1) is 23.7 Å². The van der Waals surface area contributed by atoms with Gasteiger partial charge < -0.3 is 4.74 Å². The highest BCUT2D eigenvalue weighted by molar-refractivity contribution is 7.10. The fourth-order valence-electron chi connectivity index (χ4n) is 3.82. The first-order chi connectivity index (χ1) is 12.9. The van der Waals surface area contributed by atoms with Crippen LogP contribution in [-0.4, -0.2) is 37.2 Å². The minimum atomic E-state index is -0.00430. The number of nitrogens with zero attached hydrogens (tertiary/aromatic N) is 2. The van der Waals surface area contributed by atoms with Gasteiger partial charge in [-0.2, -0.15) is 0 Å². The van der Waals surface area contributed by atoms with Gasteiger partial charge >= 0.3 is 0 Å². The Morgan fingerprint density at radius 2 is 1.45 bits per heavy atom. The van der Waals surface area contributed by atoms with Crippen LogP contribution in [0.4, 0.5) is 0 Å². The van der Waals surface area contributed by atoms with Crippen LogP contribution in [-0.2, 0) is 21.1 Å². The molecule has 2 aromatic rings. The Bertz CT molecular complexity index is 792. The molecule has 3 nitrogen and oxygen atoms in total. The molecule has 0 bridgehead atoms. The third-order valence-electron chi connectivity index (χ3n) is 6.04. The Hall–Kier alpha value is -0.940. The minimum absolute atomic E-state index is 0. The van der Waals surface area contributed by atoms with Crippen LogP contribution < -0.4 is 0 Å². The number of rotatable bonds is 3. The summed E-state index contributed by atoms with van der Waals surface area (Å²) in [4.78, 5) is 7.50. The quantitative estimate of drug-likeness (QED) is 0.557. The van der Waals surface area contributed by atoms with E-state index in [1.807, 2.05) is 0 Å². The second-order valence-electron chi connectivity index (χ2n) is 10.4. The van der Waals surface area contributed by atoms with Crippen LogP contribution in [0.15, 0.2) is 23.6 Å². The molecule has 0 radical (unpaired) electrons. The number of ether oxygens (including phenoxy) is 1. The molecule has 162 valence electrons. The lowest BCUT2D eigenvalue weighted by atomic mass is 9.79. The van der Waals surface area contributed by atoms with Gasteiger partial charge in [-0.1, -0.05) is 47.6 Å².